The van der Waals surface area contributed by atoms with Gasteiger partial charge in [0, 0.05) is 11.6 Å². The van der Waals surface area contributed by atoms with Crippen molar-refractivity contribution in [2.24, 2.45) is 5.73 Å². The van der Waals surface area contributed by atoms with Gasteiger partial charge < -0.3 is 10.3 Å². The molecule has 1 heterocycles. The van der Waals surface area contributed by atoms with Crippen LogP contribution in [0.15, 0.2) is 39.8 Å². The van der Waals surface area contributed by atoms with Crippen LogP contribution >= 0.6 is 12.2 Å². The number of aryl methyl sites for hydroxylation is 1. The summed E-state index contributed by atoms with van der Waals surface area (Å²) in [4.78, 5) is 0.247. The number of hydrogen-bond acceptors (Lipinski definition) is 5. The van der Waals surface area contributed by atoms with Crippen molar-refractivity contribution < 1.29 is 12.9 Å². The van der Waals surface area contributed by atoms with Crippen LogP contribution in [0.5, 0.6) is 0 Å². The molecule has 0 aliphatic carbocycles. The van der Waals surface area contributed by atoms with E-state index in [4.69, 9.17) is 22.5 Å². The van der Waals surface area contributed by atoms with Crippen molar-refractivity contribution in [3.8, 4) is 0 Å². The number of nitrogens with one attached hydrogen (secondary N) is 1. The van der Waals surface area contributed by atoms with Gasteiger partial charge in [-0.2, -0.15) is 0 Å². The summed E-state index contributed by atoms with van der Waals surface area (Å²) in [6.07, 6.45) is 0. The van der Waals surface area contributed by atoms with Crippen LogP contribution < -0.4 is 10.5 Å². The lowest BCUT2D eigenvalue weighted by Crippen LogP contribution is -2.24. The summed E-state index contributed by atoms with van der Waals surface area (Å²) in [5.41, 5.74) is 6.50. The van der Waals surface area contributed by atoms with E-state index in [2.05, 4.69) is 9.88 Å². The standard InChI is InChI=1S/C12H13N3O3S2/c1-8-5-10(15-18-8)7-14-20(16,17)11-4-2-3-9(6-11)12(13)19/h2-6,14H,7H2,1H3,(H2,13,19). The summed E-state index contributed by atoms with van der Waals surface area (Å²) >= 11 is 4.83. The fourth-order valence-electron chi connectivity index (χ4n) is 1.57. The van der Waals surface area contributed by atoms with E-state index in [1.54, 1.807) is 25.1 Å². The van der Waals surface area contributed by atoms with Gasteiger partial charge in [0.15, 0.2) is 0 Å². The molecule has 0 aliphatic heterocycles. The monoisotopic (exact) mass is 311 g/mol. The van der Waals surface area contributed by atoms with Crippen molar-refractivity contribution in [1.29, 1.82) is 0 Å². The summed E-state index contributed by atoms with van der Waals surface area (Å²) in [6.45, 7) is 1.79. The maximum Gasteiger partial charge on any atom is 0.240 e. The lowest BCUT2D eigenvalue weighted by atomic mass is 10.2. The summed E-state index contributed by atoms with van der Waals surface area (Å²) < 4.78 is 31.6. The lowest BCUT2D eigenvalue weighted by Gasteiger charge is -2.06. The third-order valence-electron chi connectivity index (χ3n) is 2.55. The van der Waals surface area contributed by atoms with Crippen molar-refractivity contribution >= 4 is 27.2 Å². The molecule has 0 bridgehead atoms. The van der Waals surface area contributed by atoms with Crippen LogP contribution in [-0.4, -0.2) is 18.6 Å². The Morgan fingerprint density at radius 1 is 1.45 bits per heavy atom. The van der Waals surface area contributed by atoms with Gasteiger partial charge in [0.25, 0.3) is 0 Å². The second-order valence-electron chi connectivity index (χ2n) is 4.15. The Balaban J connectivity index is 2.17. The molecule has 0 radical (unpaired) electrons. The maximum absolute atomic E-state index is 12.1. The average molecular weight is 311 g/mol. The van der Waals surface area contributed by atoms with Gasteiger partial charge in [0.1, 0.15) is 10.7 Å². The summed E-state index contributed by atoms with van der Waals surface area (Å²) in [5, 5.41) is 3.72. The number of aromatic nitrogens is 1. The number of hydrogen-bond donors (Lipinski definition) is 2. The zero-order chi connectivity index (χ0) is 14.8. The number of nitrogens with two attached hydrogens (primary N) is 1. The van der Waals surface area contributed by atoms with Gasteiger partial charge in [0.05, 0.1) is 17.1 Å². The highest BCUT2D eigenvalue weighted by Gasteiger charge is 2.15. The maximum atomic E-state index is 12.1. The van der Waals surface area contributed by atoms with Gasteiger partial charge in [-0.15, -0.1) is 0 Å². The summed E-state index contributed by atoms with van der Waals surface area (Å²) in [6, 6.07) is 7.80. The highest BCUT2D eigenvalue weighted by atomic mass is 32.2. The minimum absolute atomic E-state index is 0.0526. The normalized spacial score (nSPS) is 11.4. The van der Waals surface area contributed by atoms with Crippen molar-refractivity contribution in [2.45, 2.75) is 18.4 Å². The zero-order valence-corrected chi connectivity index (χ0v) is 12.3. The number of nitrogens with zero attached hydrogens (tertiary/aromatic N) is 1. The molecule has 106 valence electrons. The Morgan fingerprint density at radius 2 is 2.20 bits per heavy atom. The zero-order valence-electron chi connectivity index (χ0n) is 10.7. The van der Waals surface area contributed by atoms with E-state index < -0.39 is 10.0 Å². The van der Waals surface area contributed by atoms with Crippen LogP contribution in [0, 0.1) is 6.92 Å². The molecule has 0 fully saturated rings. The predicted octanol–water partition coefficient (Wildman–Crippen LogP) is 1.10. The van der Waals surface area contributed by atoms with Crippen molar-refractivity contribution in [2.75, 3.05) is 0 Å². The Labute approximate surface area is 122 Å². The van der Waals surface area contributed by atoms with Gasteiger partial charge in [-0.05, 0) is 19.1 Å². The van der Waals surface area contributed by atoms with Crippen LogP contribution in [0.4, 0.5) is 0 Å². The first-order chi connectivity index (χ1) is 9.38. The van der Waals surface area contributed by atoms with Crippen molar-refractivity contribution in [3.63, 3.8) is 0 Å². The van der Waals surface area contributed by atoms with Crippen LogP contribution in [0.25, 0.3) is 0 Å². The van der Waals surface area contributed by atoms with Crippen LogP contribution in [-0.2, 0) is 16.6 Å². The Bertz CT molecular complexity index is 738. The van der Waals surface area contributed by atoms with E-state index in [9.17, 15) is 8.42 Å². The molecule has 2 aromatic rings. The third-order valence-corrected chi connectivity index (χ3v) is 4.18. The molecule has 0 saturated heterocycles. The number of sulfonamides is 1. The molecule has 0 spiro atoms. The molecule has 0 unspecified atom stereocenters. The van der Waals surface area contributed by atoms with Gasteiger partial charge in [-0.3, -0.25) is 0 Å². The van der Waals surface area contributed by atoms with Crippen molar-refractivity contribution in [1.82, 2.24) is 9.88 Å². The molecule has 2 rings (SSSR count). The molecular weight excluding hydrogens is 298 g/mol. The molecular formula is C12H13N3O3S2. The van der Waals surface area contributed by atoms with E-state index in [0.717, 1.165) is 0 Å². The molecule has 0 atom stereocenters. The number of benzene rings is 1. The minimum atomic E-state index is -3.65. The van der Waals surface area contributed by atoms with E-state index in [-0.39, 0.29) is 16.4 Å². The first-order valence-electron chi connectivity index (χ1n) is 5.70. The Morgan fingerprint density at radius 3 is 2.80 bits per heavy atom. The molecule has 0 aliphatic rings. The van der Waals surface area contributed by atoms with Gasteiger partial charge in [0.2, 0.25) is 10.0 Å². The first-order valence-corrected chi connectivity index (χ1v) is 7.59. The molecule has 1 aromatic carbocycles. The second-order valence-corrected chi connectivity index (χ2v) is 6.35. The molecule has 1 aromatic heterocycles. The molecule has 0 amide bonds. The van der Waals surface area contributed by atoms with E-state index in [1.165, 1.54) is 12.1 Å². The summed E-state index contributed by atoms with van der Waals surface area (Å²) in [7, 11) is -3.65. The molecule has 0 saturated carbocycles. The highest BCUT2D eigenvalue weighted by Crippen LogP contribution is 2.12. The SMILES string of the molecule is Cc1cc(CNS(=O)(=O)c2cccc(C(N)=S)c2)no1. The predicted molar refractivity (Wildman–Crippen MR) is 77.6 cm³/mol. The largest absolute Gasteiger partial charge is 0.389 e. The fraction of sp³-hybridized carbons (Fsp3) is 0.167. The van der Waals surface area contributed by atoms with Crippen LogP contribution in [0.3, 0.4) is 0 Å². The molecule has 8 heteroatoms. The average Bonchev–Trinajstić information content (AvgIpc) is 2.82. The van der Waals surface area contributed by atoms with Gasteiger partial charge in [-0.25, -0.2) is 13.1 Å². The minimum Gasteiger partial charge on any atom is -0.389 e. The topological polar surface area (TPSA) is 98.2 Å². The van der Waals surface area contributed by atoms with Gasteiger partial charge >= 0.3 is 0 Å². The number of thiocarbonyl (C=S) groups is 1. The van der Waals surface area contributed by atoms with Crippen molar-refractivity contribution in [3.05, 3.63) is 47.3 Å². The second kappa shape index (κ2) is 5.70. The lowest BCUT2D eigenvalue weighted by molar-refractivity contribution is 0.390. The third kappa shape index (κ3) is 3.41. The van der Waals surface area contributed by atoms with E-state index in [1.807, 2.05) is 0 Å². The Hall–Kier alpha value is -1.77. The molecule has 3 N–H and O–H groups in total. The van der Waals surface area contributed by atoms with E-state index in [0.29, 0.717) is 17.0 Å². The molecule has 20 heavy (non-hydrogen) atoms. The molecule has 6 nitrogen and oxygen atoms in total. The highest BCUT2D eigenvalue weighted by molar-refractivity contribution is 7.89. The van der Waals surface area contributed by atoms with E-state index >= 15 is 0 Å². The summed E-state index contributed by atoms with van der Waals surface area (Å²) in [5.74, 6) is 0.620. The van der Waals surface area contributed by atoms with Crippen LogP contribution in [0.1, 0.15) is 17.0 Å². The first kappa shape index (κ1) is 14.6. The Kier molecular flexibility index (Phi) is 4.17. The van der Waals surface area contributed by atoms with Crippen LogP contribution in [0.2, 0.25) is 0 Å². The van der Waals surface area contributed by atoms with Gasteiger partial charge in [-0.1, -0.05) is 29.5 Å². The quantitative estimate of drug-likeness (QED) is 0.802. The number of rotatable bonds is 5. The smallest absolute Gasteiger partial charge is 0.240 e. The fourth-order valence-corrected chi connectivity index (χ4v) is 2.74.